The zero-order valence-electron chi connectivity index (χ0n) is 9.81. The fourth-order valence-corrected chi connectivity index (χ4v) is 4.36. The number of alkyl halides is 2. The maximum Gasteiger partial charge on any atom is 0.243 e. The van der Waals surface area contributed by atoms with Crippen LogP contribution in [0.15, 0.2) is 48.5 Å². The first-order valence-electron chi connectivity index (χ1n) is 5.71. The standard InChI is InChI=1S/C14H10Cl2O2S/c15-14(16)13-8-4-3-7-12(13)11-6-2-1-5-10(11)9-19(14,17)18/h1-8H,9H2. The largest absolute Gasteiger partial charge is 0.243 e. The van der Waals surface area contributed by atoms with Crippen LogP contribution in [0.2, 0.25) is 0 Å². The lowest BCUT2D eigenvalue weighted by Gasteiger charge is -2.19. The maximum absolute atomic E-state index is 12.4. The molecule has 2 aromatic rings. The molecular weight excluding hydrogens is 303 g/mol. The molecule has 98 valence electrons. The van der Waals surface area contributed by atoms with E-state index in [1.807, 2.05) is 30.3 Å². The second-order valence-corrected chi connectivity index (χ2v) is 8.38. The van der Waals surface area contributed by atoms with Crippen LogP contribution in [0.1, 0.15) is 11.1 Å². The number of halogens is 2. The number of sulfone groups is 1. The molecule has 0 saturated heterocycles. The molecule has 5 heteroatoms. The van der Waals surface area contributed by atoms with Gasteiger partial charge in [-0.2, -0.15) is 0 Å². The van der Waals surface area contributed by atoms with Crippen LogP contribution in [0.3, 0.4) is 0 Å². The van der Waals surface area contributed by atoms with E-state index >= 15 is 0 Å². The molecular formula is C14H10Cl2O2S. The minimum Gasteiger partial charge on any atom is -0.225 e. The number of rotatable bonds is 0. The number of fused-ring (bicyclic) bond motifs is 3. The van der Waals surface area contributed by atoms with Gasteiger partial charge in [0.15, 0.2) is 9.84 Å². The van der Waals surface area contributed by atoms with Crippen LogP contribution in [0.4, 0.5) is 0 Å². The summed E-state index contributed by atoms with van der Waals surface area (Å²) in [5.74, 6) is -0.162. The Kier molecular flexibility index (Phi) is 2.89. The fraction of sp³-hybridized carbons (Fsp3) is 0.143. The van der Waals surface area contributed by atoms with Crippen LogP contribution in [0.5, 0.6) is 0 Å². The molecule has 0 radical (unpaired) electrons. The number of hydrogen-bond donors (Lipinski definition) is 0. The van der Waals surface area contributed by atoms with Gasteiger partial charge in [0.1, 0.15) is 0 Å². The Morgan fingerprint density at radius 1 is 0.895 bits per heavy atom. The van der Waals surface area contributed by atoms with Gasteiger partial charge in [-0.15, -0.1) is 0 Å². The Balaban J connectivity index is 2.45. The highest BCUT2D eigenvalue weighted by Gasteiger charge is 2.45. The third-order valence-corrected chi connectivity index (χ3v) is 6.79. The van der Waals surface area contributed by atoms with Crippen molar-refractivity contribution in [3.63, 3.8) is 0 Å². The molecule has 0 aliphatic carbocycles. The van der Waals surface area contributed by atoms with Crippen molar-refractivity contribution in [2.24, 2.45) is 0 Å². The summed E-state index contributed by atoms with van der Waals surface area (Å²) in [6.07, 6.45) is 0. The molecule has 1 aliphatic rings. The highest BCUT2D eigenvalue weighted by molar-refractivity contribution is 7.94. The number of benzene rings is 2. The van der Waals surface area contributed by atoms with Gasteiger partial charge in [0, 0.05) is 5.56 Å². The lowest BCUT2D eigenvalue weighted by Crippen LogP contribution is -2.24. The summed E-state index contributed by atoms with van der Waals surface area (Å²) in [4.78, 5) is 0. The van der Waals surface area contributed by atoms with Gasteiger partial charge in [-0.3, -0.25) is 0 Å². The predicted molar refractivity (Wildman–Crippen MR) is 77.9 cm³/mol. The van der Waals surface area contributed by atoms with Gasteiger partial charge < -0.3 is 0 Å². The fourth-order valence-electron chi connectivity index (χ4n) is 2.34. The summed E-state index contributed by atoms with van der Waals surface area (Å²) in [6.45, 7) is 0. The predicted octanol–water partition coefficient (Wildman–Crippen LogP) is 3.87. The first-order valence-corrected chi connectivity index (χ1v) is 8.12. The molecule has 0 amide bonds. The molecule has 1 heterocycles. The van der Waals surface area contributed by atoms with Gasteiger partial charge in [0.05, 0.1) is 5.75 Å². The third kappa shape index (κ3) is 1.88. The molecule has 2 nitrogen and oxygen atoms in total. The van der Waals surface area contributed by atoms with Gasteiger partial charge in [0.2, 0.25) is 3.67 Å². The molecule has 0 aromatic heterocycles. The van der Waals surface area contributed by atoms with Crippen molar-refractivity contribution < 1.29 is 8.42 Å². The van der Waals surface area contributed by atoms with E-state index in [4.69, 9.17) is 23.2 Å². The molecule has 1 aliphatic heterocycles. The van der Waals surface area contributed by atoms with Crippen molar-refractivity contribution in [2.75, 3.05) is 0 Å². The van der Waals surface area contributed by atoms with Gasteiger partial charge in [-0.05, 0) is 16.7 Å². The van der Waals surface area contributed by atoms with Crippen LogP contribution in [0.25, 0.3) is 11.1 Å². The van der Waals surface area contributed by atoms with E-state index in [1.54, 1.807) is 18.2 Å². The van der Waals surface area contributed by atoms with Gasteiger partial charge in [-0.1, -0.05) is 71.7 Å². The molecule has 0 spiro atoms. The van der Waals surface area contributed by atoms with E-state index < -0.39 is 13.5 Å². The van der Waals surface area contributed by atoms with Crippen molar-refractivity contribution in [1.29, 1.82) is 0 Å². The summed E-state index contributed by atoms with van der Waals surface area (Å²) >= 11 is 12.3. The Labute approximate surface area is 121 Å². The minimum absolute atomic E-state index is 0.162. The Bertz CT molecular complexity index is 752. The lowest BCUT2D eigenvalue weighted by molar-refractivity contribution is 0.589. The van der Waals surface area contributed by atoms with Crippen LogP contribution >= 0.6 is 23.2 Å². The van der Waals surface area contributed by atoms with Crippen LogP contribution in [0, 0.1) is 0 Å². The van der Waals surface area contributed by atoms with Gasteiger partial charge >= 0.3 is 0 Å². The smallest absolute Gasteiger partial charge is 0.225 e. The highest BCUT2D eigenvalue weighted by atomic mass is 35.5. The summed E-state index contributed by atoms with van der Waals surface area (Å²) in [7, 11) is -3.69. The summed E-state index contributed by atoms with van der Waals surface area (Å²) in [6, 6.07) is 14.4. The molecule has 0 saturated carbocycles. The van der Waals surface area contributed by atoms with Crippen molar-refractivity contribution in [1.82, 2.24) is 0 Å². The first kappa shape index (κ1) is 13.0. The van der Waals surface area contributed by atoms with Crippen LogP contribution in [-0.4, -0.2) is 8.42 Å². The van der Waals surface area contributed by atoms with Crippen molar-refractivity contribution in [3.05, 3.63) is 59.7 Å². The van der Waals surface area contributed by atoms with E-state index in [1.165, 1.54) is 0 Å². The molecule has 0 fully saturated rings. The monoisotopic (exact) mass is 312 g/mol. The quantitative estimate of drug-likeness (QED) is 0.692. The van der Waals surface area contributed by atoms with Crippen LogP contribution in [-0.2, 0) is 19.3 Å². The molecule has 0 atom stereocenters. The van der Waals surface area contributed by atoms with Gasteiger partial charge in [-0.25, -0.2) is 8.42 Å². The normalized spacial score (nSPS) is 19.1. The van der Waals surface area contributed by atoms with E-state index in [0.717, 1.165) is 16.7 Å². The van der Waals surface area contributed by atoms with E-state index in [2.05, 4.69) is 0 Å². The summed E-state index contributed by atoms with van der Waals surface area (Å²) in [5, 5.41) is 0. The molecule has 0 bridgehead atoms. The molecule has 3 rings (SSSR count). The first-order chi connectivity index (χ1) is 8.93. The SMILES string of the molecule is O=S1(=O)Cc2ccccc2-c2ccccc2C1(Cl)Cl. The number of hydrogen-bond acceptors (Lipinski definition) is 2. The van der Waals surface area contributed by atoms with Crippen molar-refractivity contribution >= 4 is 33.0 Å². The van der Waals surface area contributed by atoms with Crippen LogP contribution < -0.4 is 0 Å². The Morgan fingerprint density at radius 2 is 1.47 bits per heavy atom. The van der Waals surface area contributed by atoms with E-state index in [-0.39, 0.29) is 5.75 Å². The van der Waals surface area contributed by atoms with E-state index in [0.29, 0.717) is 5.56 Å². The highest BCUT2D eigenvalue weighted by Crippen LogP contribution is 2.48. The van der Waals surface area contributed by atoms with Gasteiger partial charge in [0.25, 0.3) is 0 Å². The second-order valence-electron chi connectivity index (χ2n) is 4.48. The molecule has 0 N–H and O–H groups in total. The Morgan fingerprint density at radius 3 is 2.21 bits per heavy atom. The minimum atomic E-state index is -3.69. The average Bonchev–Trinajstić information content (AvgIpc) is 2.44. The average molecular weight is 313 g/mol. The molecule has 0 unspecified atom stereocenters. The zero-order chi connectivity index (χ0) is 13.7. The summed E-state index contributed by atoms with van der Waals surface area (Å²) in [5.41, 5.74) is 2.77. The molecule has 2 aromatic carbocycles. The zero-order valence-corrected chi connectivity index (χ0v) is 12.1. The summed E-state index contributed by atoms with van der Waals surface area (Å²) < 4.78 is 22.9. The lowest BCUT2D eigenvalue weighted by atomic mass is 9.97. The Hall–Kier alpha value is -1.03. The third-order valence-electron chi connectivity index (χ3n) is 3.28. The maximum atomic E-state index is 12.4. The topological polar surface area (TPSA) is 34.1 Å². The van der Waals surface area contributed by atoms with Crippen molar-refractivity contribution in [2.45, 2.75) is 9.42 Å². The van der Waals surface area contributed by atoms with E-state index in [9.17, 15) is 8.42 Å². The second kappa shape index (κ2) is 4.23. The molecule has 19 heavy (non-hydrogen) atoms. The van der Waals surface area contributed by atoms with Crippen molar-refractivity contribution in [3.8, 4) is 11.1 Å².